The van der Waals surface area contributed by atoms with Crippen LogP contribution in [-0.2, 0) is 9.47 Å². The number of hydrogen-bond acceptors (Lipinski definition) is 4. The predicted molar refractivity (Wildman–Crippen MR) is 113 cm³/mol. The quantitative estimate of drug-likeness (QED) is 0.655. The summed E-state index contributed by atoms with van der Waals surface area (Å²) < 4.78 is 11.6. The lowest BCUT2D eigenvalue weighted by molar-refractivity contribution is 0.00480. The summed E-state index contributed by atoms with van der Waals surface area (Å²) in [6, 6.07) is 0.0425. The summed E-state index contributed by atoms with van der Waals surface area (Å²) in [5.74, 6) is 1.52. The SMILES string of the molecule is CCC(OC(=O)N1C[C@@H]2CCCN(C(=O)OC(C)(C)C)[C@H]2C1)C1CCCC(C)C1. The van der Waals surface area contributed by atoms with Gasteiger partial charge in [0.25, 0.3) is 0 Å². The minimum atomic E-state index is -0.507. The van der Waals surface area contributed by atoms with Crippen LogP contribution in [0.3, 0.4) is 0 Å². The van der Waals surface area contributed by atoms with Crippen LogP contribution in [-0.4, -0.2) is 59.4 Å². The third kappa shape index (κ3) is 5.58. The number of carbonyl (C=O) groups is 2. The van der Waals surface area contributed by atoms with Crippen LogP contribution in [0.15, 0.2) is 0 Å². The Labute approximate surface area is 176 Å². The fourth-order valence-corrected chi connectivity index (χ4v) is 5.41. The molecule has 2 saturated heterocycles. The first-order valence-electron chi connectivity index (χ1n) is 11.6. The van der Waals surface area contributed by atoms with Crippen molar-refractivity contribution in [2.24, 2.45) is 17.8 Å². The Morgan fingerprint density at radius 1 is 1.07 bits per heavy atom. The molecule has 2 amide bonds. The average molecular weight is 409 g/mol. The summed E-state index contributed by atoms with van der Waals surface area (Å²) in [4.78, 5) is 29.3. The van der Waals surface area contributed by atoms with Gasteiger partial charge in [-0.15, -0.1) is 0 Å². The van der Waals surface area contributed by atoms with Crippen molar-refractivity contribution in [2.45, 2.75) is 97.3 Å². The largest absolute Gasteiger partial charge is 0.446 e. The van der Waals surface area contributed by atoms with Crippen LogP contribution < -0.4 is 0 Å². The van der Waals surface area contributed by atoms with Gasteiger partial charge in [-0.2, -0.15) is 0 Å². The van der Waals surface area contributed by atoms with Crippen LogP contribution in [0.2, 0.25) is 0 Å². The molecule has 1 saturated carbocycles. The molecule has 0 radical (unpaired) electrons. The van der Waals surface area contributed by atoms with Gasteiger partial charge >= 0.3 is 12.2 Å². The van der Waals surface area contributed by atoms with E-state index in [1.54, 1.807) is 0 Å². The normalized spacial score (nSPS) is 31.2. The molecule has 6 heteroatoms. The van der Waals surface area contributed by atoms with E-state index in [1.807, 2.05) is 30.6 Å². The Hall–Kier alpha value is -1.46. The summed E-state index contributed by atoms with van der Waals surface area (Å²) >= 11 is 0. The number of fused-ring (bicyclic) bond motifs is 1. The van der Waals surface area contributed by atoms with Crippen molar-refractivity contribution in [1.82, 2.24) is 9.80 Å². The fourth-order valence-electron chi connectivity index (χ4n) is 5.41. The van der Waals surface area contributed by atoms with Gasteiger partial charge in [-0.1, -0.05) is 26.7 Å². The van der Waals surface area contributed by atoms with Crippen LogP contribution >= 0.6 is 0 Å². The molecule has 0 aromatic heterocycles. The molecule has 5 atom stereocenters. The van der Waals surface area contributed by atoms with E-state index in [0.717, 1.165) is 38.0 Å². The van der Waals surface area contributed by atoms with E-state index in [-0.39, 0.29) is 24.3 Å². The minimum absolute atomic E-state index is 0.00911. The molecule has 3 fully saturated rings. The molecule has 3 aliphatic rings. The molecular formula is C23H40N2O4. The second-order valence-electron chi connectivity index (χ2n) is 10.4. The lowest BCUT2D eigenvalue weighted by Crippen LogP contribution is -2.50. The monoisotopic (exact) mass is 408 g/mol. The van der Waals surface area contributed by atoms with Crippen LogP contribution in [0.25, 0.3) is 0 Å². The van der Waals surface area contributed by atoms with Gasteiger partial charge in [-0.25, -0.2) is 9.59 Å². The zero-order valence-corrected chi connectivity index (χ0v) is 19.0. The second-order valence-corrected chi connectivity index (χ2v) is 10.4. The summed E-state index contributed by atoms with van der Waals surface area (Å²) in [5, 5.41) is 0. The number of piperidine rings is 1. The lowest BCUT2D eigenvalue weighted by Gasteiger charge is -2.37. The molecule has 0 aromatic carbocycles. The maximum atomic E-state index is 13.0. The molecule has 0 aromatic rings. The molecule has 1 aliphatic carbocycles. The van der Waals surface area contributed by atoms with Crippen LogP contribution in [0.4, 0.5) is 9.59 Å². The van der Waals surface area contributed by atoms with Gasteiger partial charge in [-0.05, 0) is 70.6 Å². The highest BCUT2D eigenvalue weighted by Crippen LogP contribution is 2.35. The first kappa shape index (κ1) is 22.2. The molecule has 3 unspecified atom stereocenters. The summed E-state index contributed by atoms with van der Waals surface area (Å²) in [5.41, 5.74) is -0.507. The van der Waals surface area contributed by atoms with E-state index in [4.69, 9.17) is 9.47 Å². The van der Waals surface area contributed by atoms with E-state index in [9.17, 15) is 9.59 Å². The Morgan fingerprint density at radius 3 is 2.48 bits per heavy atom. The zero-order valence-electron chi connectivity index (χ0n) is 19.0. The van der Waals surface area contributed by atoms with Crippen LogP contribution in [0.1, 0.15) is 79.6 Å². The Kier molecular flexibility index (Phi) is 7.00. The van der Waals surface area contributed by atoms with Crippen LogP contribution in [0, 0.1) is 17.8 Å². The lowest BCUT2D eigenvalue weighted by atomic mass is 9.79. The van der Waals surface area contributed by atoms with E-state index < -0.39 is 5.60 Å². The van der Waals surface area contributed by atoms with Gasteiger partial charge in [-0.3, -0.25) is 0 Å². The number of hydrogen-bond donors (Lipinski definition) is 0. The van der Waals surface area contributed by atoms with Crippen molar-refractivity contribution in [1.29, 1.82) is 0 Å². The fraction of sp³-hybridized carbons (Fsp3) is 0.913. The van der Waals surface area contributed by atoms with Gasteiger partial charge < -0.3 is 19.3 Å². The van der Waals surface area contributed by atoms with E-state index >= 15 is 0 Å². The van der Waals surface area contributed by atoms with Crippen molar-refractivity contribution >= 4 is 12.2 Å². The van der Waals surface area contributed by atoms with Crippen molar-refractivity contribution in [3.05, 3.63) is 0 Å². The summed E-state index contributed by atoms with van der Waals surface area (Å²) in [6.45, 7) is 12.0. The molecular weight excluding hydrogens is 368 g/mol. The third-order valence-electron chi connectivity index (χ3n) is 6.82. The second kappa shape index (κ2) is 9.13. The van der Waals surface area contributed by atoms with E-state index in [0.29, 0.717) is 31.5 Å². The number of amides is 2. The molecule has 0 bridgehead atoms. The molecule has 0 spiro atoms. The molecule has 29 heavy (non-hydrogen) atoms. The third-order valence-corrected chi connectivity index (χ3v) is 6.82. The number of likely N-dealkylation sites (tertiary alicyclic amines) is 2. The van der Waals surface area contributed by atoms with Crippen molar-refractivity contribution < 1.29 is 19.1 Å². The first-order chi connectivity index (χ1) is 13.7. The summed E-state index contributed by atoms with van der Waals surface area (Å²) in [7, 11) is 0. The highest BCUT2D eigenvalue weighted by Gasteiger charge is 2.44. The maximum Gasteiger partial charge on any atom is 0.410 e. The molecule has 0 N–H and O–H groups in total. The first-order valence-corrected chi connectivity index (χ1v) is 11.6. The van der Waals surface area contributed by atoms with E-state index in [2.05, 4.69) is 13.8 Å². The van der Waals surface area contributed by atoms with Crippen LogP contribution in [0.5, 0.6) is 0 Å². The van der Waals surface area contributed by atoms with Gasteiger partial charge in [0.05, 0.1) is 6.04 Å². The molecule has 3 rings (SSSR count). The number of ether oxygens (including phenoxy) is 2. The van der Waals surface area contributed by atoms with Crippen molar-refractivity contribution in [3.63, 3.8) is 0 Å². The predicted octanol–water partition coefficient (Wildman–Crippen LogP) is 5.06. The smallest absolute Gasteiger partial charge is 0.410 e. The minimum Gasteiger partial charge on any atom is -0.446 e. The van der Waals surface area contributed by atoms with Gasteiger partial charge in [0.2, 0.25) is 0 Å². The van der Waals surface area contributed by atoms with Gasteiger partial charge in [0, 0.05) is 19.6 Å². The summed E-state index contributed by atoms with van der Waals surface area (Å²) in [6.07, 6.45) is 7.26. The number of carbonyl (C=O) groups excluding carboxylic acids is 2. The maximum absolute atomic E-state index is 13.0. The van der Waals surface area contributed by atoms with Crippen molar-refractivity contribution in [2.75, 3.05) is 19.6 Å². The number of nitrogens with zero attached hydrogens (tertiary/aromatic N) is 2. The topological polar surface area (TPSA) is 59.1 Å². The Balaban J connectivity index is 1.59. The standard InChI is InChI=1S/C23H40N2O4/c1-6-20(17-10-7-9-16(2)13-17)28-21(26)24-14-18-11-8-12-25(19(18)15-24)22(27)29-23(3,4)5/h16-20H,6-15H2,1-5H3/t16?,17?,18-,19-,20?/m0/s1. The average Bonchev–Trinajstić information content (AvgIpc) is 3.08. The number of rotatable bonds is 3. The van der Waals surface area contributed by atoms with Crippen molar-refractivity contribution in [3.8, 4) is 0 Å². The molecule has 2 aliphatic heterocycles. The van der Waals surface area contributed by atoms with Gasteiger partial charge in [0.1, 0.15) is 11.7 Å². The molecule has 6 nitrogen and oxygen atoms in total. The molecule has 2 heterocycles. The molecule has 166 valence electrons. The Morgan fingerprint density at radius 2 is 1.83 bits per heavy atom. The Bertz CT molecular complexity index is 588. The zero-order chi connectivity index (χ0) is 21.2. The highest BCUT2D eigenvalue weighted by atomic mass is 16.6. The van der Waals surface area contributed by atoms with Gasteiger partial charge in [0.15, 0.2) is 0 Å². The van der Waals surface area contributed by atoms with E-state index in [1.165, 1.54) is 12.8 Å². The highest BCUT2D eigenvalue weighted by molar-refractivity contribution is 5.71.